The van der Waals surface area contributed by atoms with Crippen LogP contribution in [0.1, 0.15) is 37.8 Å². The maximum Gasteiger partial charge on any atom is 0.304 e. The molecule has 0 spiro atoms. The standard InChI is InChI=1S/C14H18FNO2/c1-10(11-2-4-12(15)5-3-11)16(13-6-7-13)9-8-14(17)18/h2-5,10,13H,6-9H2,1H3,(H,17,18). The molecule has 4 heteroatoms. The number of halogens is 1. The summed E-state index contributed by atoms with van der Waals surface area (Å²) in [6.45, 7) is 2.60. The smallest absolute Gasteiger partial charge is 0.304 e. The van der Waals surface area contributed by atoms with Gasteiger partial charge in [0, 0.05) is 18.6 Å². The summed E-state index contributed by atoms with van der Waals surface area (Å²) >= 11 is 0. The Morgan fingerprint density at radius 2 is 2.06 bits per heavy atom. The van der Waals surface area contributed by atoms with Crippen LogP contribution < -0.4 is 0 Å². The first-order chi connectivity index (χ1) is 8.58. The van der Waals surface area contributed by atoms with Gasteiger partial charge in [-0.25, -0.2) is 4.39 Å². The van der Waals surface area contributed by atoms with Crippen LogP contribution in [0, 0.1) is 5.82 Å². The fourth-order valence-corrected chi connectivity index (χ4v) is 2.26. The minimum absolute atomic E-state index is 0.137. The van der Waals surface area contributed by atoms with Gasteiger partial charge in [0.2, 0.25) is 0 Å². The van der Waals surface area contributed by atoms with Crippen molar-refractivity contribution in [3.8, 4) is 0 Å². The Morgan fingerprint density at radius 1 is 1.44 bits per heavy atom. The summed E-state index contributed by atoms with van der Waals surface area (Å²) in [5, 5.41) is 8.78. The quantitative estimate of drug-likeness (QED) is 0.845. The first kappa shape index (κ1) is 13.0. The SMILES string of the molecule is CC(c1ccc(F)cc1)N(CCC(=O)O)C1CC1. The molecule has 1 N–H and O–H groups in total. The van der Waals surface area contributed by atoms with Crippen LogP contribution in [-0.2, 0) is 4.79 Å². The number of hydrogen-bond acceptors (Lipinski definition) is 2. The van der Waals surface area contributed by atoms with E-state index in [4.69, 9.17) is 5.11 Å². The van der Waals surface area contributed by atoms with Gasteiger partial charge in [0.15, 0.2) is 0 Å². The number of benzene rings is 1. The lowest BCUT2D eigenvalue weighted by molar-refractivity contribution is -0.137. The minimum Gasteiger partial charge on any atom is -0.481 e. The predicted molar refractivity (Wildman–Crippen MR) is 66.8 cm³/mol. The van der Waals surface area contributed by atoms with Gasteiger partial charge in [0.1, 0.15) is 5.82 Å². The highest BCUT2D eigenvalue weighted by Crippen LogP contribution is 2.34. The van der Waals surface area contributed by atoms with E-state index in [1.165, 1.54) is 12.1 Å². The Kier molecular flexibility index (Phi) is 3.97. The van der Waals surface area contributed by atoms with Gasteiger partial charge in [-0.05, 0) is 37.5 Å². The molecule has 0 bridgehead atoms. The third kappa shape index (κ3) is 3.29. The Balaban J connectivity index is 2.05. The highest BCUT2D eigenvalue weighted by molar-refractivity contribution is 5.66. The third-order valence-corrected chi connectivity index (χ3v) is 3.45. The van der Waals surface area contributed by atoms with E-state index in [0.29, 0.717) is 12.6 Å². The van der Waals surface area contributed by atoms with E-state index in [1.807, 2.05) is 6.92 Å². The average molecular weight is 251 g/mol. The number of rotatable bonds is 6. The van der Waals surface area contributed by atoms with Crippen molar-refractivity contribution in [3.05, 3.63) is 35.6 Å². The molecule has 2 rings (SSSR count). The van der Waals surface area contributed by atoms with Crippen molar-refractivity contribution in [2.24, 2.45) is 0 Å². The number of aliphatic carboxylic acids is 1. The van der Waals surface area contributed by atoms with Gasteiger partial charge in [-0.3, -0.25) is 9.69 Å². The van der Waals surface area contributed by atoms with Crippen molar-refractivity contribution in [1.29, 1.82) is 0 Å². The van der Waals surface area contributed by atoms with Crippen LogP contribution in [0.5, 0.6) is 0 Å². The molecule has 0 amide bonds. The van der Waals surface area contributed by atoms with Crippen molar-refractivity contribution < 1.29 is 14.3 Å². The molecule has 18 heavy (non-hydrogen) atoms. The van der Waals surface area contributed by atoms with E-state index in [2.05, 4.69) is 4.90 Å². The topological polar surface area (TPSA) is 40.5 Å². The molecular formula is C14H18FNO2. The van der Waals surface area contributed by atoms with Gasteiger partial charge in [-0.15, -0.1) is 0 Å². The lowest BCUT2D eigenvalue weighted by atomic mass is 10.1. The van der Waals surface area contributed by atoms with E-state index in [9.17, 15) is 9.18 Å². The maximum absolute atomic E-state index is 12.9. The molecule has 1 unspecified atom stereocenters. The fraction of sp³-hybridized carbons (Fsp3) is 0.500. The van der Waals surface area contributed by atoms with E-state index in [-0.39, 0.29) is 18.3 Å². The van der Waals surface area contributed by atoms with Crippen molar-refractivity contribution in [2.45, 2.75) is 38.3 Å². The van der Waals surface area contributed by atoms with Gasteiger partial charge in [-0.1, -0.05) is 12.1 Å². The molecule has 1 aliphatic carbocycles. The molecule has 0 aliphatic heterocycles. The Hall–Kier alpha value is -1.42. The van der Waals surface area contributed by atoms with E-state index in [1.54, 1.807) is 12.1 Å². The molecule has 0 saturated heterocycles. The van der Waals surface area contributed by atoms with Gasteiger partial charge >= 0.3 is 5.97 Å². The zero-order valence-electron chi connectivity index (χ0n) is 10.5. The van der Waals surface area contributed by atoms with Gasteiger partial charge in [-0.2, -0.15) is 0 Å². The fourth-order valence-electron chi connectivity index (χ4n) is 2.26. The molecule has 1 fully saturated rings. The summed E-state index contributed by atoms with van der Waals surface area (Å²) in [5.74, 6) is -1.01. The first-order valence-electron chi connectivity index (χ1n) is 6.31. The summed E-state index contributed by atoms with van der Waals surface area (Å²) in [4.78, 5) is 12.9. The second-order valence-electron chi connectivity index (χ2n) is 4.84. The zero-order valence-corrected chi connectivity index (χ0v) is 10.5. The van der Waals surface area contributed by atoms with Crippen LogP contribution in [0.3, 0.4) is 0 Å². The summed E-state index contributed by atoms with van der Waals surface area (Å²) in [6.07, 6.45) is 2.42. The highest BCUT2D eigenvalue weighted by Gasteiger charge is 2.32. The third-order valence-electron chi connectivity index (χ3n) is 3.45. The summed E-state index contributed by atoms with van der Waals surface area (Å²) in [7, 11) is 0. The molecule has 1 aromatic carbocycles. The number of hydrogen-bond donors (Lipinski definition) is 1. The van der Waals surface area contributed by atoms with Gasteiger partial charge < -0.3 is 5.11 Å². The molecule has 0 radical (unpaired) electrons. The molecule has 98 valence electrons. The van der Waals surface area contributed by atoms with Crippen LogP contribution in [0.4, 0.5) is 4.39 Å². The van der Waals surface area contributed by atoms with Crippen molar-refractivity contribution in [1.82, 2.24) is 4.90 Å². The normalized spacial score (nSPS) is 16.8. The van der Waals surface area contributed by atoms with Gasteiger partial charge in [0.25, 0.3) is 0 Å². The molecule has 0 aromatic heterocycles. The highest BCUT2D eigenvalue weighted by atomic mass is 19.1. The molecule has 1 atom stereocenters. The van der Waals surface area contributed by atoms with Crippen LogP contribution in [-0.4, -0.2) is 28.6 Å². The van der Waals surface area contributed by atoms with E-state index in [0.717, 1.165) is 18.4 Å². The van der Waals surface area contributed by atoms with Crippen molar-refractivity contribution >= 4 is 5.97 Å². The van der Waals surface area contributed by atoms with Gasteiger partial charge in [0.05, 0.1) is 6.42 Å². The molecule has 1 saturated carbocycles. The largest absolute Gasteiger partial charge is 0.481 e. The second kappa shape index (κ2) is 5.48. The Morgan fingerprint density at radius 3 is 2.56 bits per heavy atom. The minimum atomic E-state index is -0.771. The van der Waals surface area contributed by atoms with E-state index >= 15 is 0 Å². The molecule has 1 aromatic rings. The Labute approximate surface area is 106 Å². The van der Waals surface area contributed by atoms with Crippen molar-refractivity contribution in [2.75, 3.05) is 6.54 Å². The van der Waals surface area contributed by atoms with Crippen LogP contribution in [0.25, 0.3) is 0 Å². The molecular weight excluding hydrogens is 233 g/mol. The lowest BCUT2D eigenvalue weighted by Crippen LogP contribution is -2.31. The van der Waals surface area contributed by atoms with Crippen LogP contribution >= 0.6 is 0 Å². The van der Waals surface area contributed by atoms with E-state index < -0.39 is 5.97 Å². The summed E-state index contributed by atoms with van der Waals surface area (Å²) < 4.78 is 12.9. The maximum atomic E-state index is 12.9. The number of carboxylic acids is 1. The van der Waals surface area contributed by atoms with Crippen molar-refractivity contribution in [3.63, 3.8) is 0 Å². The number of nitrogens with zero attached hydrogens (tertiary/aromatic N) is 1. The predicted octanol–water partition coefficient (Wildman–Crippen LogP) is 2.83. The average Bonchev–Trinajstić information content (AvgIpc) is 3.14. The Bertz CT molecular complexity index is 414. The van der Waals surface area contributed by atoms with Crippen LogP contribution in [0.2, 0.25) is 0 Å². The number of carboxylic acid groups (broad SMARTS) is 1. The number of carbonyl (C=O) groups is 1. The second-order valence-corrected chi connectivity index (χ2v) is 4.84. The zero-order chi connectivity index (χ0) is 13.1. The monoisotopic (exact) mass is 251 g/mol. The lowest BCUT2D eigenvalue weighted by Gasteiger charge is -2.29. The summed E-state index contributed by atoms with van der Waals surface area (Å²) in [5.41, 5.74) is 1.04. The van der Waals surface area contributed by atoms with Crippen LogP contribution in [0.15, 0.2) is 24.3 Å². The molecule has 0 heterocycles. The molecule has 1 aliphatic rings. The molecule has 3 nitrogen and oxygen atoms in total. The first-order valence-corrected chi connectivity index (χ1v) is 6.31. The summed E-state index contributed by atoms with van der Waals surface area (Å²) in [6, 6.07) is 7.08.